The van der Waals surface area contributed by atoms with Crippen LogP contribution >= 0.6 is 0 Å². The van der Waals surface area contributed by atoms with E-state index in [1.807, 2.05) is 0 Å². The lowest BCUT2D eigenvalue weighted by molar-refractivity contribution is 0.0697. The Kier molecular flexibility index (Phi) is 2.81. The van der Waals surface area contributed by atoms with Crippen molar-refractivity contribution < 1.29 is 14.4 Å². The number of aromatic carboxylic acids is 1. The molecule has 0 bridgehead atoms. The molecule has 0 aliphatic rings. The number of anilines is 1. The van der Waals surface area contributed by atoms with E-state index in [4.69, 9.17) is 5.11 Å². The monoisotopic (exact) mass is 196 g/mol. The van der Waals surface area contributed by atoms with Crippen LogP contribution in [-0.2, 0) is 0 Å². The number of carboxylic acids is 1. The third-order valence-corrected chi connectivity index (χ3v) is 1.72. The highest BCUT2D eigenvalue weighted by molar-refractivity contribution is 5.90. The molecule has 0 aromatic heterocycles. The van der Waals surface area contributed by atoms with Gasteiger partial charge in [-0.1, -0.05) is 0 Å². The highest BCUT2D eigenvalue weighted by atomic mass is 19.2. The lowest BCUT2D eigenvalue weighted by Gasteiger charge is -2.10. The summed E-state index contributed by atoms with van der Waals surface area (Å²) >= 11 is 0. The summed E-state index contributed by atoms with van der Waals surface area (Å²) in [6.45, 7) is 3.26. The number of aliphatic imine (C=N–C) groups is 1. The SMILES string of the molecule is C=Nc1ccc(C(=O)O)cc1N(C)F. The minimum Gasteiger partial charge on any atom is -0.478 e. The Morgan fingerprint density at radius 2 is 2.29 bits per heavy atom. The average Bonchev–Trinajstić information content (AvgIpc) is 2.16. The van der Waals surface area contributed by atoms with Crippen LogP contribution in [0.3, 0.4) is 0 Å². The van der Waals surface area contributed by atoms with Gasteiger partial charge >= 0.3 is 5.97 Å². The molecule has 74 valence electrons. The molecule has 1 aromatic rings. The number of nitrogens with zero attached hydrogens (tertiary/aromatic N) is 2. The Morgan fingerprint density at radius 1 is 1.64 bits per heavy atom. The second kappa shape index (κ2) is 3.87. The van der Waals surface area contributed by atoms with Crippen molar-refractivity contribution in [2.75, 3.05) is 12.2 Å². The number of halogens is 1. The standard InChI is InChI=1S/C9H9FN2O2/c1-11-7-4-3-6(9(13)14)5-8(7)12(2)10/h3-5H,1H2,2H3,(H,13,14). The van der Waals surface area contributed by atoms with Crippen LogP contribution in [0.5, 0.6) is 0 Å². The maximum absolute atomic E-state index is 12.9. The zero-order chi connectivity index (χ0) is 10.7. The first-order chi connectivity index (χ1) is 6.56. The van der Waals surface area contributed by atoms with Gasteiger partial charge in [0.05, 0.1) is 16.9 Å². The molecule has 1 rings (SSSR count). The molecule has 0 atom stereocenters. The van der Waals surface area contributed by atoms with Gasteiger partial charge in [-0.25, -0.2) is 9.92 Å². The first kappa shape index (κ1) is 10.2. The normalized spacial score (nSPS) is 9.57. The van der Waals surface area contributed by atoms with Crippen molar-refractivity contribution in [3.05, 3.63) is 23.8 Å². The van der Waals surface area contributed by atoms with Gasteiger partial charge < -0.3 is 5.11 Å². The number of benzene rings is 1. The third-order valence-electron chi connectivity index (χ3n) is 1.72. The maximum atomic E-state index is 12.9. The molecule has 0 fully saturated rings. The van der Waals surface area contributed by atoms with E-state index in [-0.39, 0.29) is 11.3 Å². The Labute approximate surface area is 80.2 Å². The molecule has 0 saturated heterocycles. The molecule has 0 heterocycles. The molecule has 1 aromatic carbocycles. The highest BCUT2D eigenvalue weighted by Crippen LogP contribution is 2.28. The molecule has 0 amide bonds. The number of hydrogen-bond acceptors (Lipinski definition) is 3. The van der Waals surface area contributed by atoms with Crippen molar-refractivity contribution in [1.29, 1.82) is 0 Å². The van der Waals surface area contributed by atoms with Crippen LogP contribution in [0.15, 0.2) is 23.2 Å². The Morgan fingerprint density at radius 3 is 2.71 bits per heavy atom. The highest BCUT2D eigenvalue weighted by Gasteiger charge is 2.10. The molecular weight excluding hydrogens is 187 g/mol. The predicted molar refractivity (Wildman–Crippen MR) is 52.1 cm³/mol. The van der Waals surface area contributed by atoms with Crippen molar-refractivity contribution in [2.24, 2.45) is 4.99 Å². The number of carboxylic acid groups (broad SMARTS) is 1. The van der Waals surface area contributed by atoms with E-state index in [9.17, 15) is 9.28 Å². The number of carbonyl (C=O) groups is 1. The molecule has 0 radical (unpaired) electrons. The Balaban J connectivity index is 3.27. The summed E-state index contributed by atoms with van der Waals surface area (Å²) in [5.74, 6) is -1.11. The molecule has 0 unspecified atom stereocenters. The van der Waals surface area contributed by atoms with Crippen molar-refractivity contribution in [3.8, 4) is 0 Å². The first-order valence-electron chi connectivity index (χ1n) is 3.80. The van der Waals surface area contributed by atoms with Gasteiger partial charge in [-0.05, 0) is 24.9 Å². The zero-order valence-corrected chi connectivity index (χ0v) is 7.57. The fourth-order valence-corrected chi connectivity index (χ4v) is 1.04. The maximum Gasteiger partial charge on any atom is 0.335 e. The average molecular weight is 196 g/mol. The van der Waals surface area contributed by atoms with Crippen LogP contribution in [0.2, 0.25) is 0 Å². The largest absolute Gasteiger partial charge is 0.478 e. The van der Waals surface area contributed by atoms with E-state index in [1.165, 1.54) is 18.2 Å². The summed E-state index contributed by atoms with van der Waals surface area (Å²) in [4.78, 5) is 14.2. The van der Waals surface area contributed by atoms with E-state index in [0.29, 0.717) is 10.8 Å². The van der Waals surface area contributed by atoms with Gasteiger partial charge in [0.2, 0.25) is 0 Å². The van der Waals surface area contributed by atoms with Crippen LogP contribution in [0.25, 0.3) is 0 Å². The molecule has 1 N–H and O–H groups in total. The molecular formula is C9H9FN2O2. The lowest BCUT2D eigenvalue weighted by atomic mass is 10.1. The minimum atomic E-state index is -1.11. The van der Waals surface area contributed by atoms with E-state index >= 15 is 0 Å². The van der Waals surface area contributed by atoms with Gasteiger partial charge in [-0.2, -0.15) is 0 Å². The summed E-state index contributed by atoms with van der Waals surface area (Å²) < 4.78 is 12.9. The third kappa shape index (κ3) is 1.87. The van der Waals surface area contributed by atoms with E-state index < -0.39 is 5.97 Å². The lowest BCUT2D eigenvalue weighted by Crippen LogP contribution is -2.05. The van der Waals surface area contributed by atoms with Crippen molar-refractivity contribution in [3.63, 3.8) is 0 Å². The second-order valence-electron chi connectivity index (χ2n) is 2.64. The first-order valence-corrected chi connectivity index (χ1v) is 3.80. The number of hydrogen-bond donors (Lipinski definition) is 1. The van der Waals surface area contributed by atoms with Gasteiger partial charge in [0.15, 0.2) is 0 Å². The quantitative estimate of drug-likeness (QED) is 0.594. The van der Waals surface area contributed by atoms with Crippen molar-refractivity contribution in [2.45, 2.75) is 0 Å². The molecule has 14 heavy (non-hydrogen) atoms. The Hall–Kier alpha value is -1.91. The van der Waals surface area contributed by atoms with Crippen LogP contribution < -0.4 is 5.12 Å². The van der Waals surface area contributed by atoms with E-state index in [2.05, 4.69) is 11.7 Å². The van der Waals surface area contributed by atoms with Gasteiger partial charge in [-0.15, -0.1) is 4.48 Å². The van der Waals surface area contributed by atoms with E-state index in [0.717, 1.165) is 7.05 Å². The van der Waals surface area contributed by atoms with Crippen molar-refractivity contribution >= 4 is 24.1 Å². The van der Waals surface area contributed by atoms with Crippen LogP contribution in [0, 0.1) is 0 Å². The molecule has 4 nitrogen and oxygen atoms in total. The Bertz CT molecular complexity index is 377. The summed E-state index contributed by atoms with van der Waals surface area (Å²) in [6, 6.07) is 3.95. The predicted octanol–water partition coefficient (Wildman–Crippen LogP) is 2.04. The van der Waals surface area contributed by atoms with E-state index in [1.54, 1.807) is 0 Å². The van der Waals surface area contributed by atoms with Crippen LogP contribution in [-0.4, -0.2) is 24.8 Å². The van der Waals surface area contributed by atoms with Crippen LogP contribution in [0.4, 0.5) is 15.9 Å². The second-order valence-corrected chi connectivity index (χ2v) is 2.64. The fourth-order valence-electron chi connectivity index (χ4n) is 1.04. The van der Waals surface area contributed by atoms with Gasteiger partial charge in [0.1, 0.15) is 0 Å². The minimum absolute atomic E-state index is 0.0110. The van der Waals surface area contributed by atoms with Gasteiger partial charge in [-0.3, -0.25) is 4.99 Å². The summed E-state index contributed by atoms with van der Waals surface area (Å²) in [6.07, 6.45) is 0. The summed E-state index contributed by atoms with van der Waals surface area (Å²) in [5, 5.41) is 8.97. The fraction of sp³-hybridized carbons (Fsp3) is 0.111. The number of rotatable bonds is 3. The molecule has 0 saturated carbocycles. The molecule has 0 aliphatic heterocycles. The van der Waals surface area contributed by atoms with Gasteiger partial charge in [0, 0.05) is 7.05 Å². The zero-order valence-electron chi connectivity index (χ0n) is 7.57. The van der Waals surface area contributed by atoms with Crippen molar-refractivity contribution in [1.82, 2.24) is 0 Å². The summed E-state index contributed by atoms with van der Waals surface area (Å²) in [5.41, 5.74) is 0.400. The molecule has 5 heteroatoms. The topological polar surface area (TPSA) is 52.9 Å². The molecule has 0 spiro atoms. The smallest absolute Gasteiger partial charge is 0.335 e. The molecule has 0 aliphatic carbocycles. The van der Waals surface area contributed by atoms with Crippen LogP contribution in [0.1, 0.15) is 10.4 Å². The van der Waals surface area contributed by atoms with Gasteiger partial charge in [0.25, 0.3) is 0 Å². The summed E-state index contributed by atoms with van der Waals surface area (Å²) in [7, 11) is 1.16.